The zero-order chi connectivity index (χ0) is 19.8. The number of hydrogen-bond acceptors (Lipinski definition) is 6. The summed E-state index contributed by atoms with van der Waals surface area (Å²) in [6.07, 6.45) is -0.205. The lowest BCUT2D eigenvalue weighted by atomic mass is 10.2. The van der Waals surface area contributed by atoms with Gasteiger partial charge in [-0.3, -0.25) is 0 Å². The number of rotatable bonds is 8. The van der Waals surface area contributed by atoms with Crippen LogP contribution in [0.5, 0.6) is 11.5 Å². The summed E-state index contributed by atoms with van der Waals surface area (Å²) in [6, 6.07) is 11.2. The van der Waals surface area contributed by atoms with Gasteiger partial charge in [-0.2, -0.15) is 0 Å². The Morgan fingerprint density at radius 1 is 1.00 bits per heavy atom. The van der Waals surface area contributed by atoms with Crippen LogP contribution in [0.3, 0.4) is 0 Å². The molecule has 0 aliphatic rings. The molecule has 0 radical (unpaired) electrons. The van der Waals surface area contributed by atoms with Gasteiger partial charge in [0, 0.05) is 11.6 Å². The first-order chi connectivity index (χ1) is 12.9. The Labute approximate surface area is 166 Å². The third-order valence-electron chi connectivity index (χ3n) is 3.35. The number of carbonyl (C=O) groups is 2. The molecule has 0 aromatic heterocycles. The molecule has 0 unspecified atom stereocenters. The monoisotopic (exact) mass is 436 g/mol. The van der Waals surface area contributed by atoms with Gasteiger partial charge in [0.15, 0.2) is 0 Å². The Bertz CT molecular complexity index is 786. The Morgan fingerprint density at radius 2 is 1.70 bits per heavy atom. The quantitative estimate of drug-likeness (QED) is 0.349. The van der Waals surface area contributed by atoms with Crippen LogP contribution >= 0.6 is 15.9 Å². The molecule has 144 valence electrons. The van der Waals surface area contributed by atoms with Crippen LogP contribution in [0.2, 0.25) is 0 Å². The molecule has 0 bridgehead atoms. The minimum atomic E-state index is -0.568. The SMILES string of the molecule is COCCOc1ccc(Br)cc1C(=O)Oc1ccc(C(=O)OC(C)C)cc1. The fourth-order valence-electron chi connectivity index (χ4n) is 2.13. The molecular weight excluding hydrogens is 416 g/mol. The predicted molar refractivity (Wildman–Crippen MR) is 103 cm³/mol. The molecule has 0 spiro atoms. The fourth-order valence-corrected chi connectivity index (χ4v) is 2.49. The zero-order valence-electron chi connectivity index (χ0n) is 15.4. The lowest BCUT2D eigenvalue weighted by Crippen LogP contribution is -2.13. The maximum absolute atomic E-state index is 12.5. The molecular formula is C20H21BrO6. The Morgan fingerprint density at radius 3 is 2.33 bits per heavy atom. The summed E-state index contributed by atoms with van der Waals surface area (Å²) in [7, 11) is 1.57. The highest BCUT2D eigenvalue weighted by atomic mass is 79.9. The Kier molecular flexibility index (Phi) is 7.82. The summed E-state index contributed by atoms with van der Waals surface area (Å²) < 4.78 is 21.8. The third kappa shape index (κ3) is 6.37. The molecule has 2 aromatic rings. The van der Waals surface area contributed by atoms with Crippen molar-refractivity contribution in [2.24, 2.45) is 0 Å². The van der Waals surface area contributed by atoms with Crippen molar-refractivity contribution in [3.8, 4) is 11.5 Å². The van der Waals surface area contributed by atoms with E-state index in [2.05, 4.69) is 15.9 Å². The van der Waals surface area contributed by atoms with E-state index in [4.69, 9.17) is 18.9 Å². The predicted octanol–water partition coefficient (Wildman–Crippen LogP) is 4.26. The summed E-state index contributed by atoms with van der Waals surface area (Å²) in [4.78, 5) is 24.4. The van der Waals surface area contributed by atoms with E-state index in [-0.39, 0.29) is 11.7 Å². The number of ether oxygens (including phenoxy) is 4. The molecule has 27 heavy (non-hydrogen) atoms. The van der Waals surface area contributed by atoms with Crippen molar-refractivity contribution in [3.63, 3.8) is 0 Å². The first kappa shape index (κ1) is 20.9. The normalized spacial score (nSPS) is 10.6. The van der Waals surface area contributed by atoms with Crippen molar-refractivity contribution in [2.75, 3.05) is 20.3 Å². The first-order valence-electron chi connectivity index (χ1n) is 8.35. The lowest BCUT2D eigenvalue weighted by molar-refractivity contribution is 0.0378. The molecule has 0 fully saturated rings. The largest absolute Gasteiger partial charge is 0.490 e. The average Bonchev–Trinajstić information content (AvgIpc) is 2.63. The standard InChI is InChI=1S/C20H21BrO6/c1-13(2)26-19(22)14-4-7-16(8-5-14)27-20(23)17-12-15(21)6-9-18(17)25-11-10-24-3/h4-9,12-13H,10-11H2,1-3H3. The van der Waals surface area contributed by atoms with Crippen LogP contribution in [0.15, 0.2) is 46.9 Å². The molecule has 0 amide bonds. The molecule has 0 aliphatic heterocycles. The summed E-state index contributed by atoms with van der Waals surface area (Å²) in [5.74, 6) is -0.286. The van der Waals surface area contributed by atoms with E-state index in [9.17, 15) is 9.59 Å². The molecule has 0 saturated heterocycles. The van der Waals surface area contributed by atoms with Gasteiger partial charge in [0.1, 0.15) is 23.7 Å². The highest BCUT2D eigenvalue weighted by Crippen LogP contribution is 2.25. The topological polar surface area (TPSA) is 71.1 Å². The average molecular weight is 437 g/mol. The first-order valence-corrected chi connectivity index (χ1v) is 9.14. The second kappa shape index (κ2) is 10.1. The zero-order valence-corrected chi connectivity index (χ0v) is 16.9. The molecule has 2 aromatic carbocycles. The Hall–Kier alpha value is -2.38. The van der Waals surface area contributed by atoms with Crippen molar-refractivity contribution in [1.29, 1.82) is 0 Å². The van der Waals surface area contributed by atoms with Gasteiger partial charge in [0.05, 0.1) is 18.3 Å². The van der Waals surface area contributed by atoms with Crippen LogP contribution in [0.4, 0.5) is 0 Å². The maximum atomic E-state index is 12.5. The molecule has 6 nitrogen and oxygen atoms in total. The van der Waals surface area contributed by atoms with Gasteiger partial charge < -0.3 is 18.9 Å². The van der Waals surface area contributed by atoms with Gasteiger partial charge in [0.25, 0.3) is 0 Å². The van der Waals surface area contributed by atoms with E-state index in [0.717, 1.165) is 4.47 Å². The summed E-state index contributed by atoms with van der Waals surface area (Å²) in [5.41, 5.74) is 0.665. The summed E-state index contributed by atoms with van der Waals surface area (Å²) in [5, 5.41) is 0. The minimum Gasteiger partial charge on any atom is -0.490 e. The number of esters is 2. The number of carbonyl (C=O) groups excluding carboxylic acids is 2. The minimum absolute atomic E-state index is 0.205. The smallest absolute Gasteiger partial charge is 0.347 e. The van der Waals surface area contributed by atoms with E-state index in [1.165, 1.54) is 12.1 Å². The molecule has 2 rings (SSSR count). The van der Waals surface area contributed by atoms with Crippen LogP contribution in [-0.4, -0.2) is 38.4 Å². The van der Waals surface area contributed by atoms with E-state index in [0.29, 0.717) is 30.3 Å². The maximum Gasteiger partial charge on any atom is 0.347 e. The fraction of sp³-hybridized carbons (Fsp3) is 0.300. The van der Waals surface area contributed by atoms with Crippen LogP contribution in [-0.2, 0) is 9.47 Å². The molecule has 0 aliphatic carbocycles. The van der Waals surface area contributed by atoms with E-state index in [1.54, 1.807) is 51.3 Å². The van der Waals surface area contributed by atoms with Gasteiger partial charge in [-0.25, -0.2) is 9.59 Å². The number of halogens is 1. The lowest BCUT2D eigenvalue weighted by Gasteiger charge is -2.12. The summed E-state index contributed by atoms with van der Waals surface area (Å²) >= 11 is 3.34. The molecule has 7 heteroatoms. The van der Waals surface area contributed by atoms with Crippen LogP contribution < -0.4 is 9.47 Å². The van der Waals surface area contributed by atoms with Gasteiger partial charge in [-0.1, -0.05) is 15.9 Å². The highest BCUT2D eigenvalue weighted by Gasteiger charge is 2.17. The summed E-state index contributed by atoms with van der Waals surface area (Å²) in [6.45, 7) is 4.26. The third-order valence-corrected chi connectivity index (χ3v) is 3.84. The van der Waals surface area contributed by atoms with Crippen molar-refractivity contribution < 1.29 is 28.5 Å². The van der Waals surface area contributed by atoms with Crippen molar-refractivity contribution >= 4 is 27.9 Å². The van der Waals surface area contributed by atoms with E-state index in [1.807, 2.05) is 0 Å². The van der Waals surface area contributed by atoms with Gasteiger partial charge in [-0.05, 0) is 56.3 Å². The van der Waals surface area contributed by atoms with E-state index < -0.39 is 11.9 Å². The van der Waals surface area contributed by atoms with Crippen molar-refractivity contribution in [1.82, 2.24) is 0 Å². The number of methoxy groups -OCH3 is 1. The number of benzene rings is 2. The van der Waals surface area contributed by atoms with Crippen LogP contribution in [0, 0.1) is 0 Å². The molecule has 0 atom stereocenters. The van der Waals surface area contributed by atoms with E-state index >= 15 is 0 Å². The molecule has 0 N–H and O–H groups in total. The highest BCUT2D eigenvalue weighted by molar-refractivity contribution is 9.10. The molecule has 0 saturated carbocycles. The van der Waals surface area contributed by atoms with Crippen LogP contribution in [0.1, 0.15) is 34.6 Å². The van der Waals surface area contributed by atoms with Crippen LogP contribution in [0.25, 0.3) is 0 Å². The van der Waals surface area contributed by atoms with Crippen molar-refractivity contribution in [3.05, 3.63) is 58.1 Å². The van der Waals surface area contributed by atoms with Crippen molar-refractivity contribution in [2.45, 2.75) is 20.0 Å². The van der Waals surface area contributed by atoms with Gasteiger partial charge in [-0.15, -0.1) is 0 Å². The number of hydrogen-bond donors (Lipinski definition) is 0. The Balaban J connectivity index is 2.10. The molecule has 0 heterocycles. The van der Waals surface area contributed by atoms with Gasteiger partial charge >= 0.3 is 11.9 Å². The second-order valence-corrected chi connectivity index (χ2v) is 6.77. The second-order valence-electron chi connectivity index (χ2n) is 5.85. The van der Waals surface area contributed by atoms with Gasteiger partial charge in [0.2, 0.25) is 0 Å².